The van der Waals surface area contributed by atoms with Gasteiger partial charge in [0.15, 0.2) is 0 Å². The number of halogens is 1. The lowest BCUT2D eigenvalue weighted by molar-refractivity contribution is -0.118. The fourth-order valence-electron chi connectivity index (χ4n) is 3.60. The third-order valence-electron chi connectivity index (χ3n) is 5.88. The number of hydrogen-bond donors (Lipinski definition) is 2. The van der Waals surface area contributed by atoms with Crippen molar-refractivity contribution in [1.82, 2.24) is 15.6 Å². The van der Waals surface area contributed by atoms with Crippen LogP contribution in [0.15, 0.2) is 72.6 Å². The average molecular weight is 490 g/mol. The number of aryl methyl sites for hydroxylation is 1. The van der Waals surface area contributed by atoms with Crippen LogP contribution in [0.4, 0.5) is 4.39 Å². The largest absolute Gasteiger partial charge is 0.353 e. The third-order valence-corrected chi connectivity index (χ3v) is 5.88. The second-order valence-electron chi connectivity index (χ2n) is 8.74. The molecule has 0 unspecified atom stereocenters. The van der Waals surface area contributed by atoms with Gasteiger partial charge in [-0.2, -0.15) is 0 Å². The fourth-order valence-corrected chi connectivity index (χ4v) is 3.60. The van der Waals surface area contributed by atoms with Crippen molar-refractivity contribution in [2.75, 3.05) is 6.54 Å². The molecule has 0 aliphatic heterocycles. The molecule has 2 amide bonds. The summed E-state index contributed by atoms with van der Waals surface area (Å²) >= 11 is 0. The van der Waals surface area contributed by atoms with Crippen molar-refractivity contribution in [3.63, 3.8) is 0 Å². The van der Waals surface area contributed by atoms with E-state index in [4.69, 9.17) is 0 Å². The molecule has 2 aromatic rings. The Bertz CT molecular complexity index is 1210. The number of allylic oxidation sites excluding steroid dienone is 6. The Hall–Kier alpha value is -3.80. The Morgan fingerprint density at radius 3 is 2.44 bits per heavy atom. The van der Waals surface area contributed by atoms with E-state index < -0.39 is 0 Å². The summed E-state index contributed by atoms with van der Waals surface area (Å²) in [5, 5.41) is 5.58. The summed E-state index contributed by atoms with van der Waals surface area (Å²) in [5.74, 6) is -0.719. The predicted molar refractivity (Wildman–Crippen MR) is 145 cm³/mol. The van der Waals surface area contributed by atoms with Crippen LogP contribution in [0.3, 0.4) is 0 Å². The van der Waals surface area contributed by atoms with Crippen LogP contribution >= 0.6 is 0 Å². The molecule has 0 aliphatic rings. The topological polar surface area (TPSA) is 71.1 Å². The molecule has 0 spiro atoms. The van der Waals surface area contributed by atoms with Crippen molar-refractivity contribution in [3.05, 3.63) is 106 Å². The van der Waals surface area contributed by atoms with E-state index in [-0.39, 0.29) is 24.2 Å². The highest BCUT2D eigenvalue weighted by Crippen LogP contribution is 2.24. The molecule has 0 saturated carbocycles. The third kappa shape index (κ3) is 8.45. The van der Waals surface area contributed by atoms with E-state index in [0.29, 0.717) is 24.1 Å². The molecule has 0 fully saturated rings. The van der Waals surface area contributed by atoms with Gasteiger partial charge < -0.3 is 10.6 Å². The van der Waals surface area contributed by atoms with Gasteiger partial charge in [0.1, 0.15) is 5.82 Å². The average Bonchev–Trinajstić information content (AvgIpc) is 2.88. The number of pyridine rings is 1. The minimum absolute atomic E-state index is 0.0779. The van der Waals surface area contributed by atoms with E-state index in [9.17, 15) is 14.0 Å². The summed E-state index contributed by atoms with van der Waals surface area (Å²) in [6.45, 7) is 13.8. The molecule has 36 heavy (non-hydrogen) atoms. The summed E-state index contributed by atoms with van der Waals surface area (Å²) in [7, 11) is 0. The molecule has 0 aliphatic carbocycles. The van der Waals surface area contributed by atoms with Crippen molar-refractivity contribution in [2.45, 2.75) is 54.0 Å². The van der Waals surface area contributed by atoms with Crippen molar-refractivity contribution >= 4 is 17.4 Å². The van der Waals surface area contributed by atoms with Crippen LogP contribution in [0, 0.1) is 5.82 Å². The second kappa shape index (κ2) is 13.9. The van der Waals surface area contributed by atoms with Crippen LogP contribution in [0.2, 0.25) is 0 Å². The first-order valence-electron chi connectivity index (χ1n) is 12.1. The Morgan fingerprint density at radius 1 is 1.06 bits per heavy atom. The smallest absolute Gasteiger partial charge is 0.253 e. The van der Waals surface area contributed by atoms with Gasteiger partial charge >= 0.3 is 0 Å². The van der Waals surface area contributed by atoms with Crippen molar-refractivity contribution in [2.24, 2.45) is 0 Å². The maximum atomic E-state index is 14.7. The minimum Gasteiger partial charge on any atom is -0.353 e. The molecule has 1 aromatic carbocycles. The molecule has 2 N–H and O–H groups in total. The Kier molecular flexibility index (Phi) is 11.0. The quantitative estimate of drug-likeness (QED) is 0.388. The lowest BCUT2D eigenvalue weighted by Gasteiger charge is -2.13. The van der Waals surface area contributed by atoms with Gasteiger partial charge in [0, 0.05) is 38.0 Å². The number of nitrogens with zero attached hydrogens (tertiary/aromatic N) is 1. The molecule has 6 heteroatoms. The number of rotatable bonds is 11. The van der Waals surface area contributed by atoms with E-state index in [2.05, 4.69) is 22.2 Å². The lowest BCUT2D eigenvalue weighted by atomic mass is 9.96. The molecular weight excluding hydrogens is 453 g/mol. The van der Waals surface area contributed by atoms with Crippen LogP contribution in [0.5, 0.6) is 0 Å². The minimum atomic E-state index is -0.325. The van der Waals surface area contributed by atoms with Gasteiger partial charge in [0.05, 0.1) is 5.56 Å². The molecule has 5 nitrogen and oxygen atoms in total. The number of carbonyl (C=O) groups is 2. The van der Waals surface area contributed by atoms with Gasteiger partial charge in [0.2, 0.25) is 5.91 Å². The summed E-state index contributed by atoms with van der Waals surface area (Å²) in [6, 6.07) is 5.15. The first-order chi connectivity index (χ1) is 17.2. The number of nitrogens with one attached hydrogen (secondary N) is 2. The van der Waals surface area contributed by atoms with E-state index in [1.165, 1.54) is 13.1 Å². The fraction of sp³-hybridized carbons (Fsp3) is 0.300. The monoisotopic (exact) mass is 489 g/mol. The van der Waals surface area contributed by atoms with E-state index >= 15 is 0 Å². The number of amides is 2. The number of aromatic nitrogens is 1. The van der Waals surface area contributed by atoms with Crippen LogP contribution in [-0.2, 0) is 24.2 Å². The number of carbonyl (C=O) groups excluding carboxylic acids is 2. The summed E-state index contributed by atoms with van der Waals surface area (Å²) in [6.07, 6.45) is 12.1. The van der Waals surface area contributed by atoms with Crippen LogP contribution in [-0.4, -0.2) is 23.3 Å². The highest BCUT2D eigenvalue weighted by Gasteiger charge is 2.13. The van der Waals surface area contributed by atoms with Gasteiger partial charge in [-0.1, -0.05) is 43.4 Å². The Morgan fingerprint density at radius 2 is 1.81 bits per heavy atom. The van der Waals surface area contributed by atoms with Crippen molar-refractivity contribution in [3.8, 4) is 0 Å². The standard InChI is InChI=1S/C30H36FN3O2/c1-7-21(5)28-14-26(29(31)15-25(28)9-3)19-34-30(36)27-13-24(17-32-18-27)12-23(8-2)11-10-20(4)16-33-22(6)35/h7-8,10-11,13-15,17-18H,2,9,12,16,19H2,1,3-6H3,(H,33,35)(H,34,36)/b20-10+,21-7-,23-11+. The summed E-state index contributed by atoms with van der Waals surface area (Å²) in [4.78, 5) is 28.1. The van der Waals surface area contributed by atoms with Gasteiger partial charge in [-0.3, -0.25) is 14.6 Å². The van der Waals surface area contributed by atoms with Crippen molar-refractivity contribution < 1.29 is 14.0 Å². The highest BCUT2D eigenvalue weighted by molar-refractivity contribution is 5.94. The lowest BCUT2D eigenvalue weighted by Crippen LogP contribution is -2.24. The molecule has 2 rings (SSSR count). The highest BCUT2D eigenvalue weighted by atomic mass is 19.1. The normalized spacial score (nSPS) is 12.3. The zero-order valence-corrected chi connectivity index (χ0v) is 21.9. The molecule has 0 radical (unpaired) electrons. The molecule has 1 aromatic heterocycles. The first-order valence-corrected chi connectivity index (χ1v) is 12.1. The zero-order chi connectivity index (χ0) is 26.7. The molecule has 1 heterocycles. The Balaban J connectivity index is 2.12. The maximum absolute atomic E-state index is 14.7. The first kappa shape index (κ1) is 28.4. The number of benzene rings is 1. The van der Waals surface area contributed by atoms with Gasteiger partial charge in [-0.25, -0.2) is 4.39 Å². The zero-order valence-electron chi connectivity index (χ0n) is 21.9. The molecule has 190 valence electrons. The van der Waals surface area contributed by atoms with Gasteiger partial charge in [0.25, 0.3) is 5.91 Å². The summed E-state index contributed by atoms with van der Waals surface area (Å²) in [5.41, 5.74) is 6.67. The number of hydrogen-bond acceptors (Lipinski definition) is 3. The van der Waals surface area contributed by atoms with Crippen LogP contribution in [0.25, 0.3) is 5.57 Å². The SMILES string of the molecule is C=C/C(=C\C=C(/C)CNC(C)=O)Cc1cncc(C(=O)NCc2cc(/C(C)=C\C)c(CC)cc2F)c1. The second-order valence-corrected chi connectivity index (χ2v) is 8.74. The molecular formula is C30H36FN3O2. The molecule has 0 bridgehead atoms. The van der Waals surface area contributed by atoms with E-state index in [1.807, 2.05) is 52.0 Å². The predicted octanol–water partition coefficient (Wildman–Crippen LogP) is 5.87. The summed E-state index contributed by atoms with van der Waals surface area (Å²) < 4.78 is 14.7. The van der Waals surface area contributed by atoms with Crippen molar-refractivity contribution in [1.29, 1.82) is 0 Å². The van der Waals surface area contributed by atoms with Gasteiger partial charge in [-0.05, 0) is 79.6 Å². The van der Waals surface area contributed by atoms with Crippen LogP contribution in [0.1, 0.15) is 67.2 Å². The van der Waals surface area contributed by atoms with E-state index in [1.54, 1.807) is 24.4 Å². The molecule has 0 atom stereocenters. The van der Waals surface area contributed by atoms with Crippen LogP contribution < -0.4 is 10.6 Å². The molecule has 0 saturated heterocycles. The van der Waals surface area contributed by atoms with Gasteiger partial charge in [-0.15, -0.1) is 0 Å². The van der Waals surface area contributed by atoms with E-state index in [0.717, 1.165) is 39.8 Å². The maximum Gasteiger partial charge on any atom is 0.253 e. The Labute approximate surface area is 213 Å².